The van der Waals surface area contributed by atoms with Crippen molar-refractivity contribution in [1.82, 2.24) is 9.62 Å². The smallest absolute Gasteiger partial charge is 0.251 e. The lowest BCUT2D eigenvalue weighted by Crippen LogP contribution is -2.32. The van der Waals surface area contributed by atoms with Gasteiger partial charge in [-0.3, -0.25) is 4.79 Å². The maximum atomic E-state index is 12.7. The third kappa shape index (κ3) is 4.94. The van der Waals surface area contributed by atoms with Crippen molar-refractivity contribution in [3.8, 4) is 0 Å². The molecule has 0 aliphatic heterocycles. The predicted octanol–water partition coefficient (Wildman–Crippen LogP) is 3.54. The van der Waals surface area contributed by atoms with Gasteiger partial charge in [-0.25, -0.2) is 8.42 Å². The lowest BCUT2D eigenvalue weighted by atomic mass is 10.0. The van der Waals surface area contributed by atoms with Crippen molar-refractivity contribution >= 4 is 27.5 Å². The quantitative estimate of drug-likeness (QED) is 0.718. The molecule has 0 aliphatic carbocycles. The Balaban J connectivity index is 3.08. The Morgan fingerprint density at radius 3 is 2.25 bits per heavy atom. The molecule has 0 heterocycles. The fourth-order valence-corrected chi connectivity index (χ4v) is 4.42. The molecule has 0 atom stereocenters. The van der Waals surface area contributed by atoms with Gasteiger partial charge in [0.05, 0.1) is 5.02 Å². The molecular weight excluding hydrogens is 348 g/mol. The lowest BCUT2D eigenvalue weighted by molar-refractivity contribution is 0.0946. The van der Waals surface area contributed by atoms with E-state index in [-0.39, 0.29) is 15.8 Å². The standard InChI is InChI=1S/C17H27ClN2O3S/c1-5-13(6-2)12-19-17(21)14-9-10-15(18)16(11-14)24(22,23)20(7-3)8-4/h9-11,13H,5-8,12H2,1-4H3,(H,19,21). The Bertz CT molecular complexity index is 654. The number of nitrogens with one attached hydrogen (secondary N) is 1. The van der Waals surface area contributed by atoms with Crippen LogP contribution in [0.15, 0.2) is 23.1 Å². The van der Waals surface area contributed by atoms with E-state index in [2.05, 4.69) is 19.2 Å². The van der Waals surface area contributed by atoms with Gasteiger partial charge in [-0.2, -0.15) is 4.31 Å². The van der Waals surface area contributed by atoms with Crippen LogP contribution >= 0.6 is 11.6 Å². The number of carbonyl (C=O) groups excluding carboxylic acids is 1. The van der Waals surface area contributed by atoms with Crippen molar-refractivity contribution in [3.63, 3.8) is 0 Å². The van der Waals surface area contributed by atoms with Gasteiger partial charge >= 0.3 is 0 Å². The van der Waals surface area contributed by atoms with Crippen LogP contribution in [0.25, 0.3) is 0 Å². The molecule has 0 spiro atoms. The first kappa shape index (κ1) is 20.9. The summed E-state index contributed by atoms with van der Waals surface area (Å²) in [5.74, 6) is 0.134. The third-order valence-electron chi connectivity index (χ3n) is 4.22. The fraction of sp³-hybridized carbons (Fsp3) is 0.588. The second kappa shape index (κ2) is 9.39. The zero-order valence-corrected chi connectivity index (χ0v) is 16.4. The van der Waals surface area contributed by atoms with E-state index >= 15 is 0 Å². The largest absolute Gasteiger partial charge is 0.352 e. The first-order chi connectivity index (χ1) is 11.3. The van der Waals surface area contributed by atoms with Crippen LogP contribution in [-0.4, -0.2) is 38.3 Å². The molecule has 0 fully saturated rings. The molecule has 0 saturated carbocycles. The maximum Gasteiger partial charge on any atom is 0.251 e. The minimum atomic E-state index is -3.71. The van der Waals surface area contributed by atoms with Crippen LogP contribution in [0.4, 0.5) is 0 Å². The van der Waals surface area contributed by atoms with E-state index in [9.17, 15) is 13.2 Å². The van der Waals surface area contributed by atoms with Crippen LogP contribution in [-0.2, 0) is 10.0 Å². The summed E-state index contributed by atoms with van der Waals surface area (Å²) >= 11 is 6.08. The van der Waals surface area contributed by atoms with Gasteiger partial charge in [-0.05, 0) is 24.1 Å². The van der Waals surface area contributed by atoms with Crippen molar-refractivity contribution in [3.05, 3.63) is 28.8 Å². The molecule has 1 aromatic rings. The predicted molar refractivity (Wildman–Crippen MR) is 98.0 cm³/mol. The van der Waals surface area contributed by atoms with Crippen molar-refractivity contribution < 1.29 is 13.2 Å². The number of hydrogen-bond acceptors (Lipinski definition) is 3. The normalized spacial score (nSPS) is 12.0. The first-order valence-electron chi connectivity index (χ1n) is 8.39. The van der Waals surface area contributed by atoms with Gasteiger partial charge in [0.2, 0.25) is 10.0 Å². The van der Waals surface area contributed by atoms with Gasteiger partial charge in [-0.15, -0.1) is 0 Å². The Kier molecular flexibility index (Phi) is 8.19. The number of sulfonamides is 1. The molecular formula is C17H27ClN2O3S. The highest BCUT2D eigenvalue weighted by atomic mass is 35.5. The molecule has 0 radical (unpaired) electrons. The summed E-state index contributed by atoms with van der Waals surface area (Å²) in [6, 6.07) is 4.37. The van der Waals surface area contributed by atoms with Crippen molar-refractivity contribution in [1.29, 1.82) is 0 Å². The highest BCUT2D eigenvalue weighted by Gasteiger charge is 2.25. The average Bonchev–Trinajstić information content (AvgIpc) is 2.56. The van der Waals surface area contributed by atoms with Gasteiger partial charge in [-0.1, -0.05) is 52.1 Å². The Hall–Kier alpha value is -1.11. The number of rotatable bonds is 9. The van der Waals surface area contributed by atoms with Crippen molar-refractivity contribution in [2.24, 2.45) is 5.92 Å². The first-order valence-corrected chi connectivity index (χ1v) is 10.2. The molecule has 24 heavy (non-hydrogen) atoms. The average molecular weight is 375 g/mol. The summed E-state index contributed by atoms with van der Waals surface area (Å²) < 4.78 is 26.6. The fourth-order valence-electron chi connectivity index (χ4n) is 2.46. The van der Waals surface area contributed by atoms with Crippen LogP contribution < -0.4 is 5.32 Å². The lowest BCUT2D eigenvalue weighted by Gasteiger charge is -2.20. The van der Waals surface area contributed by atoms with E-state index in [4.69, 9.17) is 11.6 Å². The maximum absolute atomic E-state index is 12.7. The molecule has 0 aromatic heterocycles. The summed E-state index contributed by atoms with van der Waals surface area (Å²) in [6.07, 6.45) is 1.97. The number of benzene rings is 1. The minimum Gasteiger partial charge on any atom is -0.352 e. The van der Waals surface area contributed by atoms with E-state index in [1.165, 1.54) is 16.4 Å². The molecule has 136 valence electrons. The zero-order chi connectivity index (χ0) is 18.3. The van der Waals surface area contributed by atoms with Crippen LogP contribution in [0.1, 0.15) is 50.9 Å². The topological polar surface area (TPSA) is 66.5 Å². The SMILES string of the molecule is CCC(CC)CNC(=O)c1ccc(Cl)c(S(=O)(=O)N(CC)CC)c1. The van der Waals surface area contributed by atoms with Gasteiger partial charge in [0, 0.05) is 25.2 Å². The second-order valence-corrected chi connectivity index (χ2v) is 7.94. The summed E-state index contributed by atoms with van der Waals surface area (Å²) in [5.41, 5.74) is 0.302. The highest BCUT2D eigenvalue weighted by molar-refractivity contribution is 7.89. The third-order valence-corrected chi connectivity index (χ3v) is 6.75. The Labute approximate surface area is 150 Å². The summed E-state index contributed by atoms with van der Waals surface area (Å²) in [6.45, 7) is 8.96. The van der Waals surface area contributed by atoms with Crippen LogP contribution in [0.5, 0.6) is 0 Å². The molecule has 0 saturated heterocycles. The molecule has 7 heteroatoms. The van der Waals surface area contributed by atoms with Crippen LogP contribution in [0.3, 0.4) is 0 Å². The number of hydrogen-bond donors (Lipinski definition) is 1. The Morgan fingerprint density at radius 1 is 1.17 bits per heavy atom. The van der Waals surface area contributed by atoms with E-state index < -0.39 is 10.0 Å². The second-order valence-electron chi connectivity index (χ2n) is 5.63. The number of amides is 1. The molecule has 1 aromatic carbocycles. The van der Waals surface area contributed by atoms with Crippen molar-refractivity contribution in [2.45, 2.75) is 45.4 Å². The number of carbonyl (C=O) groups is 1. The van der Waals surface area contributed by atoms with Gasteiger partial charge in [0.1, 0.15) is 4.90 Å². The van der Waals surface area contributed by atoms with Gasteiger partial charge in [0.15, 0.2) is 0 Å². The highest BCUT2D eigenvalue weighted by Crippen LogP contribution is 2.26. The molecule has 1 N–H and O–H groups in total. The van der Waals surface area contributed by atoms with Crippen LogP contribution in [0.2, 0.25) is 5.02 Å². The minimum absolute atomic E-state index is 0.0250. The monoisotopic (exact) mass is 374 g/mol. The number of nitrogens with zero attached hydrogens (tertiary/aromatic N) is 1. The molecule has 0 aliphatic rings. The van der Waals surface area contributed by atoms with E-state index in [0.29, 0.717) is 31.1 Å². The summed E-state index contributed by atoms with van der Waals surface area (Å²) in [7, 11) is -3.71. The molecule has 0 unspecified atom stereocenters. The van der Waals surface area contributed by atoms with Crippen molar-refractivity contribution in [2.75, 3.05) is 19.6 Å². The molecule has 5 nitrogen and oxygen atoms in total. The Morgan fingerprint density at radius 2 is 1.75 bits per heavy atom. The van der Waals surface area contributed by atoms with E-state index in [1.807, 2.05) is 0 Å². The summed E-state index contributed by atoms with van der Waals surface area (Å²) in [4.78, 5) is 12.3. The van der Waals surface area contributed by atoms with E-state index in [1.54, 1.807) is 19.9 Å². The van der Waals surface area contributed by atoms with Gasteiger partial charge < -0.3 is 5.32 Å². The zero-order valence-electron chi connectivity index (χ0n) is 14.8. The van der Waals surface area contributed by atoms with E-state index in [0.717, 1.165) is 12.8 Å². The summed E-state index contributed by atoms with van der Waals surface area (Å²) in [5, 5.41) is 2.99. The molecule has 0 bridgehead atoms. The van der Waals surface area contributed by atoms with Crippen LogP contribution in [0, 0.1) is 5.92 Å². The number of halogens is 1. The molecule has 1 amide bonds. The van der Waals surface area contributed by atoms with Gasteiger partial charge in [0.25, 0.3) is 5.91 Å². The molecule has 1 rings (SSSR count).